The topological polar surface area (TPSA) is 29.5 Å². The molecule has 0 spiro atoms. The van der Waals surface area contributed by atoms with E-state index in [1.165, 1.54) is 6.07 Å². The van der Waals surface area contributed by atoms with Crippen molar-refractivity contribution in [2.45, 2.75) is 44.8 Å². The minimum Gasteiger partial charge on any atom is -0.494 e. The van der Waals surface area contributed by atoms with Crippen LogP contribution in [0.5, 0.6) is 5.75 Å². The summed E-state index contributed by atoms with van der Waals surface area (Å²) in [5, 5.41) is -0.263. The SMILES string of the molecule is CCC(=O)Cc1cccc(OCCCN(Cc2cccc(C(F)(F)F)c2Cl)CC(c2ccccc2)c2ccccc2)c1. The summed E-state index contributed by atoms with van der Waals surface area (Å²) in [6, 6.07) is 31.8. The number of ketones is 1. The van der Waals surface area contributed by atoms with Gasteiger partial charge >= 0.3 is 6.18 Å². The van der Waals surface area contributed by atoms with Gasteiger partial charge in [0, 0.05) is 38.4 Å². The lowest BCUT2D eigenvalue weighted by molar-refractivity contribution is -0.137. The van der Waals surface area contributed by atoms with Crippen molar-refractivity contribution in [3.05, 3.63) is 136 Å². The smallest absolute Gasteiger partial charge is 0.417 e. The summed E-state index contributed by atoms with van der Waals surface area (Å²) in [6.45, 7) is 3.68. The maximum atomic E-state index is 13.6. The molecule has 0 saturated heterocycles. The Morgan fingerprint density at radius 1 is 0.881 bits per heavy atom. The Hall–Kier alpha value is -3.61. The van der Waals surface area contributed by atoms with Gasteiger partial charge in [-0.25, -0.2) is 0 Å². The molecule has 0 fully saturated rings. The maximum absolute atomic E-state index is 13.6. The lowest BCUT2D eigenvalue weighted by atomic mass is 9.90. The normalized spacial score (nSPS) is 11.7. The summed E-state index contributed by atoms with van der Waals surface area (Å²) in [6.07, 6.45) is -3.02. The maximum Gasteiger partial charge on any atom is 0.417 e. The predicted molar refractivity (Wildman–Crippen MR) is 162 cm³/mol. The highest BCUT2D eigenvalue weighted by Gasteiger charge is 2.34. The summed E-state index contributed by atoms with van der Waals surface area (Å²) >= 11 is 6.32. The molecular weight excluding hydrogens is 559 g/mol. The molecule has 0 bridgehead atoms. The average molecular weight is 594 g/mol. The first-order valence-electron chi connectivity index (χ1n) is 14.1. The van der Waals surface area contributed by atoms with Gasteiger partial charge in [-0.1, -0.05) is 103 Å². The van der Waals surface area contributed by atoms with Gasteiger partial charge in [0.1, 0.15) is 11.5 Å². The van der Waals surface area contributed by atoms with E-state index in [-0.39, 0.29) is 23.3 Å². The largest absolute Gasteiger partial charge is 0.494 e. The third-order valence-electron chi connectivity index (χ3n) is 7.20. The first-order chi connectivity index (χ1) is 20.2. The van der Waals surface area contributed by atoms with Crippen molar-refractivity contribution in [1.29, 1.82) is 0 Å². The Morgan fingerprint density at radius 2 is 1.52 bits per heavy atom. The third-order valence-corrected chi connectivity index (χ3v) is 7.65. The Morgan fingerprint density at radius 3 is 2.14 bits per heavy atom. The van der Waals surface area contributed by atoms with Crippen molar-refractivity contribution < 1.29 is 22.7 Å². The molecule has 220 valence electrons. The molecule has 4 aromatic carbocycles. The molecule has 0 unspecified atom stereocenters. The van der Waals surface area contributed by atoms with E-state index in [9.17, 15) is 18.0 Å². The van der Waals surface area contributed by atoms with E-state index in [0.29, 0.717) is 50.3 Å². The highest BCUT2D eigenvalue weighted by Crippen LogP contribution is 2.37. The van der Waals surface area contributed by atoms with Crippen LogP contribution in [0, 0.1) is 0 Å². The van der Waals surface area contributed by atoms with Gasteiger partial charge < -0.3 is 4.74 Å². The first kappa shape index (κ1) is 31.3. The number of alkyl halides is 3. The summed E-state index contributed by atoms with van der Waals surface area (Å²) in [5.41, 5.74) is 2.76. The van der Waals surface area contributed by atoms with Crippen LogP contribution >= 0.6 is 11.6 Å². The van der Waals surface area contributed by atoms with E-state index in [2.05, 4.69) is 29.2 Å². The quantitative estimate of drug-likeness (QED) is 0.137. The molecule has 0 amide bonds. The third kappa shape index (κ3) is 8.94. The van der Waals surface area contributed by atoms with Crippen molar-refractivity contribution in [3.63, 3.8) is 0 Å². The van der Waals surface area contributed by atoms with E-state index in [0.717, 1.165) is 22.8 Å². The molecule has 3 nitrogen and oxygen atoms in total. The number of rotatable bonds is 14. The second-order valence-electron chi connectivity index (χ2n) is 10.3. The first-order valence-corrected chi connectivity index (χ1v) is 14.5. The molecule has 4 rings (SSSR count). The van der Waals surface area contributed by atoms with Gasteiger partial charge in [-0.2, -0.15) is 13.2 Å². The van der Waals surface area contributed by atoms with Crippen molar-refractivity contribution in [2.75, 3.05) is 19.7 Å². The van der Waals surface area contributed by atoms with Gasteiger partial charge in [-0.15, -0.1) is 0 Å². The fraction of sp³-hybridized carbons (Fsp3) is 0.286. The van der Waals surface area contributed by atoms with Crippen LogP contribution in [0.1, 0.15) is 53.5 Å². The average Bonchev–Trinajstić information content (AvgIpc) is 2.99. The Balaban J connectivity index is 1.53. The molecule has 0 aliphatic heterocycles. The summed E-state index contributed by atoms with van der Waals surface area (Å²) < 4.78 is 46.9. The van der Waals surface area contributed by atoms with Crippen LogP contribution in [0.3, 0.4) is 0 Å². The molecule has 0 atom stereocenters. The number of hydrogen-bond acceptors (Lipinski definition) is 3. The van der Waals surface area contributed by atoms with E-state index >= 15 is 0 Å². The Labute approximate surface area is 250 Å². The van der Waals surface area contributed by atoms with Crippen LogP contribution in [0.15, 0.2) is 103 Å². The van der Waals surface area contributed by atoms with E-state index in [1.807, 2.05) is 67.6 Å². The number of Topliss-reactive ketones (excluding diaryl/α,β-unsaturated/α-hetero) is 1. The standard InChI is InChI=1S/C35H35ClF3NO2/c1-2-30(41)22-26-12-9-18-31(23-26)42-21-11-20-40(24-29-17-10-19-33(34(29)36)35(37,38)39)25-32(27-13-5-3-6-14-27)28-15-7-4-8-16-28/h3-10,12-19,23,32H,2,11,20-22,24-25H2,1H3. The molecule has 4 aromatic rings. The highest BCUT2D eigenvalue weighted by atomic mass is 35.5. The van der Waals surface area contributed by atoms with Gasteiger partial charge in [0.25, 0.3) is 0 Å². The zero-order valence-corrected chi connectivity index (χ0v) is 24.4. The molecular formula is C35H35ClF3NO2. The Kier molecular flexibility index (Phi) is 11.2. The van der Waals surface area contributed by atoms with Crippen molar-refractivity contribution >= 4 is 17.4 Å². The number of hydrogen-bond donors (Lipinski definition) is 0. The lowest BCUT2D eigenvalue weighted by Gasteiger charge is -2.29. The molecule has 0 heterocycles. The number of ether oxygens (including phenoxy) is 1. The highest BCUT2D eigenvalue weighted by molar-refractivity contribution is 6.32. The van der Waals surface area contributed by atoms with Gasteiger partial charge in [-0.3, -0.25) is 9.69 Å². The second-order valence-corrected chi connectivity index (χ2v) is 10.7. The minimum absolute atomic E-state index is 0.00526. The molecule has 7 heteroatoms. The van der Waals surface area contributed by atoms with Crippen LogP contribution < -0.4 is 4.74 Å². The van der Waals surface area contributed by atoms with E-state index in [4.69, 9.17) is 16.3 Å². The molecule has 0 radical (unpaired) electrons. The minimum atomic E-state index is -4.53. The molecule has 42 heavy (non-hydrogen) atoms. The van der Waals surface area contributed by atoms with Crippen LogP contribution in [0.4, 0.5) is 13.2 Å². The molecule has 0 saturated carbocycles. The molecule has 0 aliphatic carbocycles. The van der Waals surface area contributed by atoms with Crippen molar-refractivity contribution in [2.24, 2.45) is 0 Å². The van der Waals surface area contributed by atoms with Crippen LogP contribution in [0.25, 0.3) is 0 Å². The summed E-state index contributed by atoms with van der Waals surface area (Å²) in [7, 11) is 0. The predicted octanol–water partition coefficient (Wildman–Crippen LogP) is 8.98. The lowest BCUT2D eigenvalue weighted by Crippen LogP contribution is -2.31. The Bertz CT molecular complexity index is 1390. The molecule has 0 aromatic heterocycles. The van der Waals surface area contributed by atoms with Gasteiger partial charge in [0.2, 0.25) is 0 Å². The van der Waals surface area contributed by atoms with Crippen LogP contribution in [-0.2, 0) is 23.9 Å². The second kappa shape index (κ2) is 15.0. The number of carbonyl (C=O) groups is 1. The zero-order valence-electron chi connectivity index (χ0n) is 23.6. The van der Waals surface area contributed by atoms with E-state index < -0.39 is 11.7 Å². The summed E-state index contributed by atoms with van der Waals surface area (Å²) in [5.74, 6) is 0.864. The number of nitrogens with zero attached hydrogens (tertiary/aromatic N) is 1. The van der Waals surface area contributed by atoms with Gasteiger partial charge in [0.05, 0.1) is 17.2 Å². The molecule has 0 N–H and O–H groups in total. The number of benzene rings is 4. The number of carbonyl (C=O) groups excluding carboxylic acids is 1. The zero-order chi connectivity index (χ0) is 30.0. The van der Waals surface area contributed by atoms with Crippen molar-refractivity contribution in [1.82, 2.24) is 4.90 Å². The van der Waals surface area contributed by atoms with Crippen LogP contribution in [-0.4, -0.2) is 30.4 Å². The van der Waals surface area contributed by atoms with Crippen molar-refractivity contribution in [3.8, 4) is 5.75 Å². The summed E-state index contributed by atoms with van der Waals surface area (Å²) in [4.78, 5) is 14.0. The number of halogens is 4. The van der Waals surface area contributed by atoms with Crippen LogP contribution in [0.2, 0.25) is 5.02 Å². The molecule has 0 aliphatic rings. The van der Waals surface area contributed by atoms with E-state index in [1.54, 1.807) is 6.07 Å². The fourth-order valence-electron chi connectivity index (χ4n) is 5.00. The van der Waals surface area contributed by atoms with Gasteiger partial charge in [0.15, 0.2) is 0 Å². The monoisotopic (exact) mass is 593 g/mol. The van der Waals surface area contributed by atoms with Gasteiger partial charge in [-0.05, 0) is 46.9 Å². The fourth-order valence-corrected chi connectivity index (χ4v) is 5.30.